The van der Waals surface area contributed by atoms with Crippen LogP contribution >= 0.6 is 0 Å². The zero-order chi connectivity index (χ0) is 20.2. The smallest absolute Gasteiger partial charge is 0.257 e. The number of halogens is 1. The van der Waals surface area contributed by atoms with E-state index in [0.717, 1.165) is 37.2 Å². The minimum Gasteiger partial charge on any atom is -0.496 e. The highest BCUT2D eigenvalue weighted by Gasteiger charge is 2.35. The van der Waals surface area contributed by atoms with Gasteiger partial charge in [-0.2, -0.15) is 5.10 Å². The third-order valence-corrected chi connectivity index (χ3v) is 5.63. The van der Waals surface area contributed by atoms with Gasteiger partial charge in [0.05, 0.1) is 25.4 Å². The summed E-state index contributed by atoms with van der Waals surface area (Å²) in [6.45, 7) is 2.24. The number of methoxy groups -OCH3 is 1. The summed E-state index contributed by atoms with van der Waals surface area (Å²) in [5.74, 6) is 0.385. The van der Waals surface area contributed by atoms with Crippen LogP contribution < -0.4 is 4.74 Å². The van der Waals surface area contributed by atoms with Gasteiger partial charge in [-0.1, -0.05) is 36.8 Å². The lowest BCUT2D eigenvalue weighted by Crippen LogP contribution is -2.40. The normalized spacial score (nSPS) is 19.9. The van der Waals surface area contributed by atoms with Crippen molar-refractivity contribution in [3.63, 3.8) is 0 Å². The summed E-state index contributed by atoms with van der Waals surface area (Å²) in [6.07, 6.45) is 4.00. The molecule has 1 fully saturated rings. The van der Waals surface area contributed by atoms with Crippen LogP contribution in [0.25, 0.3) is 0 Å². The molecule has 0 aliphatic carbocycles. The second kappa shape index (κ2) is 8.74. The Morgan fingerprint density at radius 1 is 1.14 bits per heavy atom. The van der Waals surface area contributed by atoms with E-state index in [0.29, 0.717) is 24.2 Å². The van der Waals surface area contributed by atoms with Crippen molar-refractivity contribution in [1.82, 2.24) is 9.91 Å². The summed E-state index contributed by atoms with van der Waals surface area (Å²) in [6, 6.07) is 13.8. The Morgan fingerprint density at radius 2 is 1.93 bits per heavy atom. The number of hydrazone groups is 1. The Hall–Kier alpha value is -2.73. The predicted octanol–water partition coefficient (Wildman–Crippen LogP) is 4.00. The van der Waals surface area contributed by atoms with E-state index in [2.05, 4.69) is 10.0 Å². The molecule has 0 bridgehead atoms. The van der Waals surface area contributed by atoms with E-state index in [-0.39, 0.29) is 17.8 Å². The molecule has 0 saturated carbocycles. The number of hydrogen-bond donors (Lipinski definition) is 0. The quantitative estimate of drug-likeness (QED) is 0.769. The molecule has 6 heteroatoms. The largest absolute Gasteiger partial charge is 0.496 e. The molecule has 0 spiro atoms. The molecule has 2 aromatic carbocycles. The Bertz CT molecular complexity index is 909. The number of hydrogen-bond acceptors (Lipinski definition) is 4. The van der Waals surface area contributed by atoms with Crippen molar-refractivity contribution >= 4 is 11.6 Å². The first-order chi connectivity index (χ1) is 14.2. The van der Waals surface area contributed by atoms with Gasteiger partial charge in [-0.15, -0.1) is 0 Å². The number of amides is 1. The average molecular weight is 395 g/mol. The van der Waals surface area contributed by atoms with Crippen LogP contribution in [0.5, 0.6) is 5.75 Å². The predicted molar refractivity (Wildman–Crippen MR) is 110 cm³/mol. The molecule has 0 radical (unpaired) electrons. The number of likely N-dealkylation sites (tertiary alicyclic amines) is 1. The van der Waals surface area contributed by atoms with Crippen molar-refractivity contribution in [3.05, 3.63) is 65.5 Å². The van der Waals surface area contributed by atoms with Gasteiger partial charge < -0.3 is 4.74 Å². The van der Waals surface area contributed by atoms with Gasteiger partial charge in [0.2, 0.25) is 0 Å². The van der Waals surface area contributed by atoms with Crippen molar-refractivity contribution in [3.8, 4) is 5.75 Å². The monoisotopic (exact) mass is 395 g/mol. The molecule has 152 valence electrons. The number of carbonyl (C=O) groups is 1. The standard InChI is InChI=1S/C23H26FN3O2/c1-29-22-11-4-3-10-19(22)21-15-20(17-8-7-9-18(24)14-17)25-27(21)23(28)16-26-12-5-2-6-13-26/h3-4,7-11,14,21H,2,5-6,12-13,15-16H2,1H3/t21-/m0/s1. The fraction of sp³-hybridized carbons (Fsp3) is 0.391. The summed E-state index contributed by atoms with van der Waals surface area (Å²) < 4.78 is 19.3. The van der Waals surface area contributed by atoms with Crippen LogP contribution in [0, 0.1) is 5.82 Å². The van der Waals surface area contributed by atoms with Gasteiger partial charge in [0.1, 0.15) is 11.6 Å². The Labute approximate surface area is 170 Å². The molecule has 0 unspecified atom stereocenters. The zero-order valence-corrected chi connectivity index (χ0v) is 16.7. The highest BCUT2D eigenvalue weighted by Crippen LogP contribution is 2.37. The third kappa shape index (κ3) is 4.32. The van der Waals surface area contributed by atoms with Gasteiger partial charge >= 0.3 is 0 Å². The number of rotatable bonds is 5. The van der Waals surface area contributed by atoms with Crippen LogP contribution in [0.15, 0.2) is 53.6 Å². The van der Waals surface area contributed by atoms with Gasteiger partial charge in [0.15, 0.2) is 0 Å². The molecule has 2 aromatic rings. The Balaban J connectivity index is 1.64. The number of benzene rings is 2. The van der Waals surface area contributed by atoms with Crippen LogP contribution in [0.3, 0.4) is 0 Å². The molecule has 4 rings (SSSR count). The van der Waals surface area contributed by atoms with E-state index in [1.807, 2.05) is 30.3 Å². The minimum atomic E-state index is -0.308. The van der Waals surface area contributed by atoms with Gasteiger partial charge in [-0.3, -0.25) is 9.69 Å². The second-order valence-corrected chi connectivity index (χ2v) is 7.59. The van der Waals surface area contributed by atoms with Crippen LogP contribution in [-0.4, -0.2) is 48.3 Å². The van der Waals surface area contributed by atoms with E-state index in [4.69, 9.17) is 4.74 Å². The van der Waals surface area contributed by atoms with E-state index in [1.165, 1.54) is 18.6 Å². The summed E-state index contributed by atoms with van der Waals surface area (Å²) in [5, 5.41) is 6.23. The van der Waals surface area contributed by atoms with Crippen LogP contribution in [-0.2, 0) is 4.79 Å². The highest BCUT2D eigenvalue weighted by atomic mass is 19.1. The minimum absolute atomic E-state index is 0.0331. The summed E-state index contributed by atoms with van der Waals surface area (Å²) in [5.41, 5.74) is 2.34. The molecule has 2 aliphatic heterocycles. The maximum Gasteiger partial charge on any atom is 0.257 e. The Morgan fingerprint density at radius 3 is 2.69 bits per heavy atom. The van der Waals surface area contributed by atoms with Gasteiger partial charge in [0, 0.05) is 17.5 Å². The number of carbonyl (C=O) groups excluding carboxylic acids is 1. The molecule has 5 nitrogen and oxygen atoms in total. The highest BCUT2D eigenvalue weighted by molar-refractivity contribution is 6.03. The lowest BCUT2D eigenvalue weighted by Gasteiger charge is -2.29. The molecular formula is C23H26FN3O2. The van der Waals surface area contributed by atoms with Crippen molar-refractivity contribution in [1.29, 1.82) is 0 Å². The molecule has 29 heavy (non-hydrogen) atoms. The van der Waals surface area contributed by atoms with Crippen LogP contribution in [0.1, 0.15) is 42.9 Å². The van der Waals surface area contributed by atoms with Crippen LogP contribution in [0.2, 0.25) is 0 Å². The zero-order valence-electron chi connectivity index (χ0n) is 16.7. The fourth-order valence-electron chi connectivity index (χ4n) is 4.15. The average Bonchev–Trinajstić information content (AvgIpc) is 3.20. The van der Waals surface area contributed by atoms with Gasteiger partial charge in [0.25, 0.3) is 5.91 Å². The Kier molecular flexibility index (Phi) is 5.90. The van der Waals surface area contributed by atoms with E-state index in [1.54, 1.807) is 18.2 Å². The third-order valence-electron chi connectivity index (χ3n) is 5.63. The van der Waals surface area contributed by atoms with E-state index in [9.17, 15) is 9.18 Å². The molecule has 0 aromatic heterocycles. The van der Waals surface area contributed by atoms with Crippen molar-refractivity contribution in [2.75, 3.05) is 26.7 Å². The molecule has 0 N–H and O–H groups in total. The molecule has 2 aliphatic rings. The first-order valence-corrected chi connectivity index (χ1v) is 10.2. The molecule has 1 atom stereocenters. The van der Waals surface area contributed by atoms with E-state index < -0.39 is 0 Å². The lowest BCUT2D eigenvalue weighted by molar-refractivity contribution is -0.134. The van der Waals surface area contributed by atoms with Gasteiger partial charge in [-0.25, -0.2) is 9.40 Å². The first-order valence-electron chi connectivity index (χ1n) is 10.2. The lowest BCUT2D eigenvalue weighted by atomic mass is 9.97. The molecule has 1 amide bonds. The summed E-state index contributed by atoms with van der Waals surface area (Å²) >= 11 is 0. The first kappa shape index (κ1) is 19.6. The number of para-hydroxylation sites is 1. The molecule has 1 saturated heterocycles. The number of ether oxygens (including phenoxy) is 1. The van der Waals surface area contributed by atoms with Crippen molar-refractivity contribution in [2.45, 2.75) is 31.7 Å². The molecular weight excluding hydrogens is 369 g/mol. The van der Waals surface area contributed by atoms with Crippen LogP contribution in [0.4, 0.5) is 4.39 Å². The number of piperidine rings is 1. The second-order valence-electron chi connectivity index (χ2n) is 7.59. The van der Waals surface area contributed by atoms with Gasteiger partial charge in [-0.05, 0) is 44.1 Å². The SMILES string of the molecule is COc1ccccc1[C@@H]1CC(c2cccc(F)c2)=NN1C(=O)CN1CCCCC1. The topological polar surface area (TPSA) is 45.1 Å². The molecule has 2 heterocycles. The van der Waals surface area contributed by atoms with Crippen molar-refractivity contribution in [2.24, 2.45) is 5.10 Å². The fourth-order valence-corrected chi connectivity index (χ4v) is 4.15. The van der Waals surface area contributed by atoms with Crippen molar-refractivity contribution < 1.29 is 13.9 Å². The maximum absolute atomic E-state index is 13.8. The number of nitrogens with zero attached hydrogens (tertiary/aromatic N) is 3. The summed E-state index contributed by atoms with van der Waals surface area (Å²) in [7, 11) is 1.63. The summed E-state index contributed by atoms with van der Waals surface area (Å²) in [4.78, 5) is 15.4. The van der Waals surface area contributed by atoms with E-state index >= 15 is 0 Å². The maximum atomic E-state index is 13.8.